The second-order valence-electron chi connectivity index (χ2n) is 6.34. The van der Waals surface area contributed by atoms with Crippen LogP contribution >= 0.6 is 34.7 Å². The molecule has 0 atom stereocenters. The van der Waals surface area contributed by atoms with Gasteiger partial charge in [-0.3, -0.25) is 4.57 Å². The minimum atomic E-state index is -0.493. The van der Waals surface area contributed by atoms with Crippen molar-refractivity contribution >= 4 is 46.6 Å². The fourth-order valence-electron chi connectivity index (χ4n) is 2.99. The lowest BCUT2D eigenvalue weighted by molar-refractivity contribution is 0.0606. The molecule has 1 saturated heterocycles. The summed E-state index contributed by atoms with van der Waals surface area (Å²) in [5.41, 5.74) is 2.17. The predicted octanol–water partition coefficient (Wildman–Crippen LogP) is 4.22. The number of benzene rings is 1. The van der Waals surface area contributed by atoms with Crippen LogP contribution in [0.5, 0.6) is 0 Å². The SMILES string of the molecule is COC(=O)c1sc(Sc2nnc(N3CCCC3)n2-c2ccc(C)cc2)nc1Cl. The Kier molecular flexibility index (Phi) is 5.56. The molecular formula is C18H18ClN5O2S2. The summed E-state index contributed by atoms with van der Waals surface area (Å²) in [6.45, 7) is 3.98. The van der Waals surface area contributed by atoms with Crippen LogP contribution < -0.4 is 4.90 Å². The number of hydrogen-bond acceptors (Lipinski definition) is 8. The highest BCUT2D eigenvalue weighted by atomic mass is 35.5. The van der Waals surface area contributed by atoms with Crippen LogP contribution in [0.25, 0.3) is 5.69 Å². The first kappa shape index (κ1) is 19.2. The van der Waals surface area contributed by atoms with E-state index in [1.54, 1.807) is 0 Å². The number of ether oxygens (including phenoxy) is 1. The number of carbonyl (C=O) groups is 1. The molecule has 0 bridgehead atoms. The van der Waals surface area contributed by atoms with Gasteiger partial charge in [-0.1, -0.05) is 40.6 Å². The summed E-state index contributed by atoms with van der Waals surface area (Å²) in [7, 11) is 1.32. The zero-order chi connectivity index (χ0) is 19.7. The highest BCUT2D eigenvalue weighted by Gasteiger charge is 2.25. The van der Waals surface area contributed by atoms with Crippen molar-refractivity contribution in [3.63, 3.8) is 0 Å². The summed E-state index contributed by atoms with van der Waals surface area (Å²) < 4.78 is 7.40. The van der Waals surface area contributed by atoms with Crippen molar-refractivity contribution in [2.75, 3.05) is 25.1 Å². The van der Waals surface area contributed by atoms with Gasteiger partial charge in [0.05, 0.1) is 12.8 Å². The van der Waals surface area contributed by atoms with E-state index in [9.17, 15) is 4.79 Å². The van der Waals surface area contributed by atoms with Gasteiger partial charge in [-0.05, 0) is 43.7 Å². The Morgan fingerprint density at radius 1 is 1.21 bits per heavy atom. The van der Waals surface area contributed by atoms with Crippen molar-refractivity contribution in [1.29, 1.82) is 0 Å². The van der Waals surface area contributed by atoms with Gasteiger partial charge >= 0.3 is 5.97 Å². The maximum atomic E-state index is 11.8. The van der Waals surface area contributed by atoms with Crippen LogP contribution in [-0.4, -0.2) is 45.9 Å². The lowest BCUT2D eigenvalue weighted by atomic mass is 10.2. The molecule has 1 aliphatic rings. The molecule has 1 fully saturated rings. The van der Waals surface area contributed by atoms with E-state index in [2.05, 4.69) is 51.3 Å². The molecule has 1 aromatic carbocycles. The third kappa shape index (κ3) is 3.74. The topological polar surface area (TPSA) is 73.1 Å². The summed E-state index contributed by atoms with van der Waals surface area (Å²) >= 11 is 8.62. The fourth-order valence-corrected chi connectivity index (χ4v) is 5.27. The summed E-state index contributed by atoms with van der Waals surface area (Å²) in [4.78, 5) is 18.6. The van der Waals surface area contributed by atoms with Gasteiger partial charge in [-0.2, -0.15) is 0 Å². The Labute approximate surface area is 175 Å². The molecule has 0 unspecified atom stereocenters. The van der Waals surface area contributed by atoms with E-state index in [4.69, 9.17) is 16.3 Å². The Morgan fingerprint density at radius 3 is 2.61 bits per heavy atom. The third-order valence-electron chi connectivity index (χ3n) is 4.41. The van der Waals surface area contributed by atoms with Crippen molar-refractivity contribution in [3.8, 4) is 5.69 Å². The molecule has 3 aromatic rings. The molecule has 7 nitrogen and oxygen atoms in total. The van der Waals surface area contributed by atoms with Gasteiger partial charge < -0.3 is 9.64 Å². The summed E-state index contributed by atoms with van der Waals surface area (Å²) in [5.74, 6) is 0.326. The van der Waals surface area contributed by atoms with Gasteiger partial charge in [-0.25, -0.2) is 9.78 Å². The van der Waals surface area contributed by atoms with E-state index >= 15 is 0 Å². The van der Waals surface area contributed by atoms with Gasteiger partial charge in [0.2, 0.25) is 11.1 Å². The van der Waals surface area contributed by atoms with Crippen LogP contribution in [0.4, 0.5) is 5.95 Å². The summed E-state index contributed by atoms with van der Waals surface area (Å²) in [6, 6.07) is 8.23. The van der Waals surface area contributed by atoms with Crippen molar-refractivity contribution in [1.82, 2.24) is 19.7 Å². The average molecular weight is 436 g/mol. The molecule has 0 aliphatic carbocycles. The van der Waals surface area contributed by atoms with E-state index in [1.165, 1.54) is 35.8 Å². The number of hydrogen-bond donors (Lipinski definition) is 0. The van der Waals surface area contributed by atoms with Gasteiger partial charge in [0, 0.05) is 13.1 Å². The first-order valence-electron chi connectivity index (χ1n) is 8.76. The lowest BCUT2D eigenvalue weighted by Crippen LogP contribution is -2.22. The van der Waals surface area contributed by atoms with E-state index in [0.717, 1.165) is 37.6 Å². The highest BCUT2D eigenvalue weighted by molar-refractivity contribution is 8.00. The summed E-state index contributed by atoms with van der Waals surface area (Å²) in [5, 5.41) is 9.66. The predicted molar refractivity (Wildman–Crippen MR) is 110 cm³/mol. The molecule has 2 aromatic heterocycles. The second kappa shape index (κ2) is 8.10. The standard InChI is InChI=1S/C18H18ClN5O2S2/c1-11-5-7-12(8-6-11)24-16(23-9-3-4-10-23)21-22-17(24)28-18-20-14(19)13(27-18)15(25)26-2/h5-8H,3-4,9-10H2,1-2H3. The Morgan fingerprint density at radius 2 is 1.93 bits per heavy atom. The molecule has 0 N–H and O–H groups in total. The Bertz CT molecular complexity index is 996. The zero-order valence-electron chi connectivity index (χ0n) is 15.4. The van der Waals surface area contributed by atoms with Crippen LogP contribution in [0, 0.1) is 6.92 Å². The number of carbonyl (C=O) groups excluding carboxylic acids is 1. The Hall–Kier alpha value is -2.10. The largest absolute Gasteiger partial charge is 0.465 e. The minimum absolute atomic E-state index is 0.139. The molecule has 3 heterocycles. The van der Waals surface area contributed by atoms with Gasteiger partial charge in [0.25, 0.3) is 0 Å². The van der Waals surface area contributed by atoms with Crippen molar-refractivity contribution < 1.29 is 9.53 Å². The first-order chi connectivity index (χ1) is 13.6. The molecule has 0 spiro atoms. The minimum Gasteiger partial charge on any atom is -0.465 e. The molecule has 28 heavy (non-hydrogen) atoms. The van der Waals surface area contributed by atoms with Crippen molar-refractivity contribution in [3.05, 3.63) is 39.9 Å². The molecule has 4 rings (SSSR count). The number of halogens is 1. The number of aromatic nitrogens is 4. The number of nitrogens with zero attached hydrogens (tertiary/aromatic N) is 5. The second-order valence-corrected chi connectivity index (χ2v) is 8.91. The van der Waals surface area contributed by atoms with Crippen LogP contribution in [0.3, 0.4) is 0 Å². The lowest BCUT2D eigenvalue weighted by Gasteiger charge is -2.18. The van der Waals surface area contributed by atoms with Crippen LogP contribution in [0.2, 0.25) is 5.15 Å². The monoisotopic (exact) mass is 435 g/mol. The number of anilines is 1. The number of thiazole rings is 1. The van der Waals surface area contributed by atoms with Gasteiger partial charge in [0.15, 0.2) is 14.4 Å². The molecule has 0 radical (unpaired) electrons. The molecule has 1 aliphatic heterocycles. The smallest absolute Gasteiger partial charge is 0.351 e. The zero-order valence-corrected chi connectivity index (χ0v) is 17.8. The van der Waals surface area contributed by atoms with E-state index in [-0.39, 0.29) is 10.0 Å². The number of esters is 1. The van der Waals surface area contributed by atoms with Crippen molar-refractivity contribution in [2.45, 2.75) is 29.3 Å². The van der Waals surface area contributed by atoms with Gasteiger partial charge in [-0.15, -0.1) is 10.2 Å². The van der Waals surface area contributed by atoms with Gasteiger partial charge in [0.1, 0.15) is 0 Å². The average Bonchev–Trinajstić information content (AvgIpc) is 3.42. The van der Waals surface area contributed by atoms with Crippen molar-refractivity contribution in [2.24, 2.45) is 0 Å². The molecule has 146 valence electrons. The van der Waals surface area contributed by atoms with Crippen LogP contribution in [0.1, 0.15) is 28.1 Å². The number of rotatable bonds is 5. The maximum absolute atomic E-state index is 11.8. The first-order valence-corrected chi connectivity index (χ1v) is 10.8. The van der Waals surface area contributed by atoms with E-state index in [1.807, 2.05) is 4.57 Å². The molecule has 10 heteroatoms. The Balaban J connectivity index is 1.73. The normalized spacial score (nSPS) is 13.9. The third-order valence-corrected chi connectivity index (χ3v) is 6.84. The molecular weight excluding hydrogens is 418 g/mol. The molecule has 0 amide bonds. The number of methoxy groups -OCH3 is 1. The highest BCUT2D eigenvalue weighted by Crippen LogP contribution is 2.37. The summed E-state index contributed by atoms with van der Waals surface area (Å²) in [6.07, 6.45) is 2.29. The quantitative estimate of drug-likeness (QED) is 0.555. The van der Waals surface area contributed by atoms with Crippen LogP contribution in [0.15, 0.2) is 33.8 Å². The van der Waals surface area contributed by atoms with E-state index < -0.39 is 5.97 Å². The maximum Gasteiger partial charge on any atom is 0.351 e. The molecule has 0 saturated carbocycles. The van der Waals surface area contributed by atoms with E-state index in [0.29, 0.717) is 9.50 Å². The van der Waals surface area contributed by atoms with Crippen LogP contribution in [-0.2, 0) is 4.74 Å². The fraction of sp³-hybridized carbons (Fsp3) is 0.333. The number of aryl methyl sites for hydroxylation is 1.